The molecule has 0 atom stereocenters. The van der Waals surface area contributed by atoms with Crippen LogP contribution in [-0.4, -0.2) is 12.7 Å². The number of rotatable bonds is 14. The number of nitrogens with zero attached hydrogens (tertiary/aromatic N) is 1. The van der Waals surface area contributed by atoms with Crippen molar-refractivity contribution in [2.75, 3.05) is 10.2 Å². The first-order valence-electron chi connectivity index (χ1n) is 43.5. The van der Waals surface area contributed by atoms with Gasteiger partial charge in [-0.05, 0) is 266 Å². The minimum absolute atomic E-state index is 0.562. The predicted octanol–water partition coefficient (Wildman–Crippen LogP) is 36.2. The van der Waals surface area contributed by atoms with Crippen LogP contribution in [0.1, 0.15) is 0 Å². The van der Waals surface area contributed by atoms with Gasteiger partial charge < -0.3 is 37.6 Å². The molecule has 0 fully saturated rings. The van der Waals surface area contributed by atoms with Gasteiger partial charge in [-0.3, -0.25) is 0 Å². The van der Waals surface area contributed by atoms with Crippen LogP contribution in [-0.2, 0) is 0 Å². The van der Waals surface area contributed by atoms with Crippen LogP contribution in [0.5, 0.6) is 5.75 Å². The summed E-state index contributed by atoms with van der Waals surface area (Å²) >= 11 is 20.9. The molecule has 639 valence electrons. The van der Waals surface area contributed by atoms with E-state index in [9.17, 15) is 0 Å². The van der Waals surface area contributed by atoms with Crippen LogP contribution in [0.2, 0.25) is 15.1 Å². The first-order chi connectivity index (χ1) is 65.5. The lowest BCUT2D eigenvalue weighted by Gasteiger charge is -2.26. The van der Waals surface area contributed by atoms with E-state index in [0.717, 1.165) is 136 Å². The molecule has 4 aromatic heterocycles. The molecule has 2 N–H and O–H groups in total. The van der Waals surface area contributed by atoms with Gasteiger partial charge in [-0.25, -0.2) is 0 Å². The predicted molar refractivity (Wildman–Crippen MR) is 562 cm³/mol. The number of benzene rings is 20. The highest BCUT2D eigenvalue weighted by Crippen LogP contribution is 2.42. The van der Waals surface area contributed by atoms with Gasteiger partial charge in [0.15, 0.2) is 0 Å². The van der Waals surface area contributed by atoms with Gasteiger partial charge in [-0.2, -0.15) is 0 Å². The van der Waals surface area contributed by atoms with Gasteiger partial charge in [0, 0.05) is 91.1 Å². The summed E-state index contributed by atoms with van der Waals surface area (Å²) in [5.74, 6) is 0.562. The maximum atomic E-state index is 8.21. The number of furan rings is 4. The molecule has 0 saturated carbocycles. The molecule has 0 amide bonds. The number of hydrogen-bond donors (Lipinski definition) is 2. The molecular formula is C120H82BBrCl3N2O6. The van der Waals surface area contributed by atoms with Crippen LogP contribution < -0.4 is 14.9 Å². The Morgan fingerprint density at radius 2 is 0.436 bits per heavy atom. The van der Waals surface area contributed by atoms with E-state index in [-0.39, 0.29) is 0 Å². The average Bonchev–Trinajstić information content (AvgIpc) is 1.61. The van der Waals surface area contributed by atoms with Crippen LogP contribution in [0, 0.1) is 0 Å². The minimum Gasteiger partial charge on any atom is -0.537 e. The molecule has 1 radical (unpaired) electrons. The van der Waals surface area contributed by atoms with E-state index < -0.39 is 0 Å². The van der Waals surface area contributed by atoms with Gasteiger partial charge in [0.1, 0.15) is 50.4 Å². The maximum absolute atomic E-state index is 8.21. The number of para-hydroxylation sites is 4. The maximum Gasteiger partial charge on any atom is 0.569 e. The lowest BCUT2D eigenvalue weighted by molar-refractivity contribution is 0.454. The smallest absolute Gasteiger partial charge is 0.537 e. The van der Waals surface area contributed by atoms with Crippen LogP contribution >= 0.6 is 50.7 Å². The van der Waals surface area contributed by atoms with Crippen molar-refractivity contribution in [3.8, 4) is 83.6 Å². The molecule has 0 aliphatic carbocycles. The molecule has 133 heavy (non-hydrogen) atoms. The third-order valence-corrected chi connectivity index (χ3v) is 24.3. The zero-order valence-corrected chi connectivity index (χ0v) is 75.6. The number of fused-ring (bicyclic) bond motifs is 12. The highest BCUT2D eigenvalue weighted by atomic mass is 79.9. The Morgan fingerprint density at radius 3 is 0.729 bits per heavy atom. The molecule has 4 heterocycles. The van der Waals surface area contributed by atoms with E-state index in [2.05, 4.69) is 340 Å². The normalized spacial score (nSPS) is 10.9. The molecule has 0 spiro atoms. The van der Waals surface area contributed by atoms with Crippen LogP contribution in [0.15, 0.2) is 507 Å². The number of halogens is 4. The minimum atomic E-state index is 0.562. The summed E-state index contributed by atoms with van der Waals surface area (Å²) in [6, 6.07) is 166. The molecule has 8 nitrogen and oxygen atoms in total. The topological polar surface area (TPSA) is 97.3 Å². The summed E-state index contributed by atoms with van der Waals surface area (Å²) in [5, 5.41) is 23.0. The van der Waals surface area contributed by atoms with Crippen LogP contribution in [0.25, 0.3) is 166 Å². The highest BCUT2D eigenvalue weighted by molar-refractivity contribution is 9.10. The molecule has 0 bridgehead atoms. The van der Waals surface area contributed by atoms with Crippen molar-refractivity contribution >= 4 is 175 Å². The lowest BCUT2D eigenvalue weighted by atomic mass is 10.0. The zero-order chi connectivity index (χ0) is 90.2. The van der Waals surface area contributed by atoms with Crippen LogP contribution in [0.3, 0.4) is 0 Å². The van der Waals surface area contributed by atoms with E-state index in [1.165, 1.54) is 72.1 Å². The summed E-state index contributed by atoms with van der Waals surface area (Å²) in [5.41, 5.74) is 29.6. The van der Waals surface area contributed by atoms with Gasteiger partial charge in [0.25, 0.3) is 0 Å². The van der Waals surface area contributed by atoms with Crippen molar-refractivity contribution in [3.63, 3.8) is 0 Å². The summed E-state index contributed by atoms with van der Waals surface area (Å²) in [7, 11) is 0.628. The molecule has 24 aromatic rings. The first kappa shape index (κ1) is 86.7. The highest BCUT2D eigenvalue weighted by Gasteiger charge is 2.18. The first-order valence-corrected chi connectivity index (χ1v) is 45.4. The lowest BCUT2D eigenvalue weighted by Crippen LogP contribution is -2.09. The summed E-state index contributed by atoms with van der Waals surface area (Å²) < 4.78 is 29.1. The van der Waals surface area contributed by atoms with Gasteiger partial charge in [0.2, 0.25) is 0 Å². The van der Waals surface area contributed by atoms with Crippen molar-refractivity contribution in [1.82, 2.24) is 0 Å². The Hall–Kier alpha value is -15.6. The molecule has 0 saturated heterocycles. The van der Waals surface area contributed by atoms with E-state index >= 15 is 0 Å². The van der Waals surface area contributed by atoms with Gasteiger partial charge in [-0.15, -0.1) is 0 Å². The van der Waals surface area contributed by atoms with Crippen molar-refractivity contribution in [1.29, 1.82) is 0 Å². The van der Waals surface area contributed by atoms with E-state index in [1.807, 2.05) is 152 Å². The molecule has 24 rings (SSSR count). The summed E-state index contributed by atoms with van der Waals surface area (Å²) in [6.07, 6.45) is 0. The van der Waals surface area contributed by atoms with Crippen molar-refractivity contribution in [3.05, 3.63) is 505 Å². The second kappa shape index (κ2) is 41.0. The van der Waals surface area contributed by atoms with Crippen molar-refractivity contribution in [2.24, 2.45) is 0 Å². The summed E-state index contributed by atoms with van der Waals surface area (Å²) in [6.45, 7) is 0. The molecule has 0 aliphatic heterocycles. The SMILES string of the molecule is Brc1ccc2oc3ccccc3c2c1.Clc1ccc(-c2ccc3oc4ccccc4c3c2)cc1.Clc1ccc(-c2ccc3oc4ccccc4c3c2)cc1.O[B]Oc1ccc(Cl)cc1.c1ccc(-c2ccc(N(c3ccc(-c4ccccc4)cc3)c3ccc(-c4ccc5oc6ccccc6c5c4)cc3)cc2)cc1.c1ccc(-c2ccc(Nc3ccc(-c4ccccc4)cc3)cc2)cc1. The second-order valence-electron chi connectivity index (χ2n) is 31.6. The third-order valence-electron chi connectivity index (χ3n) is 23.0. The zero-order valence-electron chi connectivity index (χ0n) is 71.7. The monoisotopic (exact) mass is 1840 g/mol. The fourth-order valence-electron chi connectivity index (χ4n) is 16.3. The standard InChI is InChI=1S/C42H29NO.C24H19N.2C18H11ClO.C12H7BrO.C6H5BClO2/c1-3-9-30(10-4-1)32-15-22-36(23-16-32)43(37-24-17-33(18-25-37)31-11-5-2-6-12-31)38-26-19-34(20-27-38)35-21-28-42-40(29-35)39-13-7-8-14-41(39)44-42;1-3-7-19(8-4-1)21-11-15-23(16-12-21)25-24-17-13-22(14-18-24)20-9-5-2-6-10-20;2*19-14-8-5-12(6-9-14)13-7-10-18-16(11-13)15-3-1-2-4-17(15)20-18;13-8-5-6-12-10(7-8)9-3-1-2-4-11(9)14-12;8-5-1-3-6(4-2-5)10-7-9/h1-29H;1-18,25H;2*1-11H;1-7H;1-4,9H. The Bertz CT molecular complexity index is 7710. The van der Waals surface area contributed by atoms with Crippen LogP contribution in [0.4, 0.5) is 28.4 Å². The summed E-state index contributed by atoms with van der Waals surface area (Å²) in [4.78, 5) is 2.32. The Kier molecular flexibility index (Phi) is 26.7. The second-order valence-corrected chi connectivity index (χ2v) is 33.8. The number of nitrogens with one attached hydrogen (secondary N) is 1. The van der Waals surface area contributed by atoms with Crippen molar-refractivity contribution < 1.29 is 27.3 Å². The number of hydrogen-bond acceptors (Lipinski definition) is 8. The van der Waals surface area contributed by atoms with Gasteiger partial charge in [-0.1, -0.05) is 348 Å². The Labute approximate surface area is 794 Å². The van der Waals surface area contributed by atoms with E-state index in [1.54, 1.807) is 24.3 Å². The van der Waals surface area contributed by atoms with E-state index in [4.69, 9.17) is 57.5 Å². The number of anilines is 5. The fraction of sp³-hybridized carbons (Fsp3) is 0. The largest absolute Gasteiger partial charge is 0.569 e. The molecule has 13 heteroatoms. The molecule has 0 unspecified atom stereocenters. The third kappa shape index (κ3) is 20.7. The van der Waals surface area contributed by atoms with Gasteiger partial charge >= 0.3 is 7.69 Å². The Balaban J connectivity index is 0.000000110. The van der Waals surface area contributed by atoms with Gasteiger partial charge in [0.05, 0.1) is 0 Å². The van der Waals surface area contributed by atoms with Crippen molar-refractivity contribution in [2.45, 2.75) is 0 Å². The van der Waals surface area contributed by atoms with E-state index in [0.29, 0.717) is 18.5 Å². The molecular weight excluding hydrogens is 1760 g/mol. The quantitative estimate of drug-likeness (QED) is 0.104. The molecule has 0 aliphatic rings. The Morgan fingerprint density at radius 1 is 0.218 bits per heavy atom. The molecule has 20 aromatic carbocycles. The average molecular weight is 1850 g/mol. The fourth-order valence-corrected chi connectivity index (χ4v) is 17.1.